The standard InChI is InChI=1S/C29H30ClN7O3/c1-31-21-8-16(30)7-17-23-25(37-5-4-14-11-35(2)22(14)13-37)19(10-32-27(23)34-24(17)21)15-6-18-26(38)20(29(39)40)12-36(3)28(18)33-9-15/h6-10,12,14,22,29,31,39-40H,4-5,11,13H2,1-3H3,(H,32,34)/t14?,22-/m0/s1. The third kappa shape index (κ3) is 3.71. The van der Waals surface area contributed by atoms with Gasteiger partial charge in [0.1, 0.15) is 11.3 Å². The number of H-pyrrole nitrogens is 1. The van der Waals surface area contributed by atoms with E-state index in [0.29, 0.717) is 28.0 Å². The Labute approximate surface area is 234 Å². The average Bonchev–Trinajstić information content (AvgIpc) is 3.31. The molecule has 11 heteroatoms. The molecule has 0 spiro atoms. The number of likely N-dealkylation sites (N-methyl/N-ethyl adjacent to an activating group) is 1. The molecule has 0 amide bonds. The van der Waals surface area contributed by atoms with Crippen LogP contribution >= 0.6 is 11.6 Å². The van der Waals surface area contributed by atoms with Crippen molar-refractivity contribution in [3.63, 3.8) is 0 Å². The van der Waals surface area contributed by atoms with Crippen molar-refractivity contribution >= 4 is 55.9 Å². The van der Waals surface area contributed by atoms with Crippen LogP contribution in [0, 0.1) is 5.92 Å². The highest BCUT2D eigenvalue weighted by Crippen LogP contribution is 2.45. The molecule has 1 aromatic carbocycles. The van der Waals surface area contributed by atoms with E-state index in [0.717, 1.165) is 70.5 Å². The Hall–Kier alpha value is -3.70. The lowest BCUT2D eigenvalue weighted by atomic mass is 9.82. The van der Waals surface area contributed by atoms with Crippen LogP contribution in [0.3, 0.4) is 0 Å². The van der Waals surface area contributed by atoms with Gasteiger partial charge in [0, 0.05) is 79.9 Å². The molecule has 7 rings (SSSR count). The third-order valence-corrected chi connectivity index (χ3v) is 8.91. The van der Waals surface area contributed by atoms with Gasteiger partial charge in [-0.2, -0.15) is 0 Å². The van der Waals surface area contributed by atoms with Crippen molar-refractivity contribution < 1.29 is 10.2 Å². The van der Waals surface area contributed by atoms with E-state index in [4.69, 9.17) is 16.6 Å². The van der Waals surface area contributed by atoms with Gasteiger partial charge in [-0.05, 0) is 37.6 Å². The van der Waals surface area contributed by atoms with Crippen LogP contribution in [0.5, 0.6) is 0 Å². The summed E-state index contributed by atoms with van der Waals surface area (Å²) >= 11 is 6.58. The number of aromatic amines is 1. The maximum atomic E-state index is 13.2. The van der Waals surface area contributed by atoms with Crippen LogP contribution in [0.1, 0.15) is 18.3 Å². The van der Waals surface area contributed by atoms with Crippen molar-refractivity contribution in [1.29, 1.82) is 0 Å². The van der Waals surface area contributed by atoms with Gasteiger partial charge in [-0.3, -0.25) is 4.79 Å². The lowest BCUT2D eigenvalue weighted by Gasteiger charge is -2.52. The maximum absolute atomic E-state index is 13.2. The lowest BCUT2D eigenvalue weighted by molar-refractivity contribution is -0.0435. The molecule has 1 unspecified atom stereocenters. The van der Waals surface area contributed by atoms with E-state index in [1.165, 1.54) is 6.20 Å². The number of nitrogens with zero attached hydrogens (tertiary/aromatic N) is 5. The molecule has 0 aliphatic carbocycles. The molecule has 2 saturated heterocycles. The van der Waals surface area contributed by atoms with Gasteiger partial charge in [0.2, 0.25) is 0 Å². The van der Waals surface area contributed by atoms with Crippen LogP contribution in [0.2, 0.25) is 5.02 Å². The van der Waals surface area contributed by atoms with Gasteiger partial charge in [-0.25, -0.2) is 9.97 Å². The summed E-state index contributed by atoms with van der Waals surface area (Å²) < 4.78 is 1.63. The summed E-state index contributed by atoms with van der Waals surface area (Å²) in [6.07, 6.45) is 4.22. The first-order valence-electron chi connectivity index (χ1n) is 13.4. The van der Waals surface area contributed by atoms with E-state index in [1.807, 2.05) is 25.4 Å². The molecule has 206 valence electrons. The number of aliphatic hydroxyl groups is 2. The lowest BCUT2D eigenvalue weighted by Crippen LogP contribution is -2.62. The summed E-state index contributed by atoms with van der Waals surface area (Å²) in [5, 5.41) is 25.7. The fraction of sp³-hybridized carbons (Fsp3) is 0.345. The summed E-state index contributed by atoms with van der Waals surface area (Å²) in [4.78, 5) is 31.0. The van der Waals surface area contributed by atoms with Crippen molar-refractivity contribution in [2.45, 2.75) is 18.8 Å². The van der Waals surface area contributed by atoms with Crippen molar-refractivity contribution in [2.24, 2.45) is 13.0 Å². The van der Waals surface area contributed by atoms with Crippen molar-refractivity contribution in [2.75, 3.05) is 43.9 Å². The van der Waals surface area contributed by atoms with Gasteiger partial charge in [0.25, 0.3) is 0 Å². The zero-order valence-corrected chi connectivity index (χ0v) is 23.2. The van der Waals surface area contributed by atoms with E-state index in [-0.39, 0.29) is 5.56 Å². The smallest absolute Gasteiger partial charge is 0.199 e. The monoisotopic (exact) mass is 559 g/mol. The van der Waals surface area contributed by atoms with E-state index < -0.39 is 11.7 Å². The normalized spacial score (nSPS) is 19.5. The number of anilines is 2. The van der Waals surface area contributed by atoms with E-state index in [2.05, 4.69) is 32.1 Å². The van der Waals surface area contributed by atoms with Crippen molar-refractivity contribution in [3.8, 4) is 11.1 Å². The number of aliphatic hydroxyl groups excluding tert-OH is 1. The molecule has 2 aliphatic heterocycles. The highest BCUT2D eigenvalue weighted by Gasteiger charge is 2.41. The number of likely N-dealkylation sites (tertiary alicyclic amines) is 1. The van der Waals surface area contributed by atoms with Crippen LogP contribution in [-0.2, 0) is 7.05 Å². The molecule has 4 N–H and O–H groups in total. The first-order valence-corrected chi connectivity index (χ1v) is 13.8. The molecule has 2 fully saturated rings. The fourth-order valence-electron chi connectivity index (χ4n) is 6.63. The zero-order valence-electron chi connectivity index (χ0n) is 22.4. The van der Waals surface area contributed by atoms with Gasteiger partial charge in [-0.15, -0.1) is 0 Å². The van der Waals surface area contributed by atoms with Gasteiger partial charge in [0.15, 0.2) is 11.7 Å². The third-order valence-electron chi connectivity index (χ3n) is 8.69. The fourth-order valence-corrected chi connectivity index (χ4v) is 6.85. The number of hydrogen-bond donors (Lipinski definition) is 4. The molecule has 2 aliphatic rings. The van der Waals surface area contributed by atoms with E-state index in [1.54, 1.807) is 23.9 Å². The quantitative estimate of drug-likeness (QED) is 0.247. The second-order valence-corrected chi connectivity index (χ2v) is 11.4. The second kappa shape index (κ2) is 9.17. The highest BCUT2D eigenvalue weighted by atomic mass is 35.5. The minimum absolute atomic E-state index is 0.0938. The average molecular weight is 560 g/mol. The van der Waals surface area contributed by atoms with Crippen LogP contribution in [0.15, 0.2) is 41.6 Å². The predicted molar refractivity (Wildman–Crippen MR) is 158 cm³/mol. The molecular formula is C29H30ClN7O3. The maximum Gasteiger partial charge on any atom is 0.199 e. The van der Waals surface area contributed by atoms with Crippen molar-refractivity contribution in [3.05, 3.63) is 57.6 Å². The molecule has 0 bridgehead atoms. The second-order valence-electron chi connectivity index (χ2n) is 11.0. The number of aromatic nitrogens is 4. The molecule has 4 aromatic heterocycles. The van der Waals surface area contributed by atoms with Crippen molar-refractivity contribution in [1.82, 2.24) is 24.4 Å². The first-order chi connectivity index (χ1) is 19.2. The molecule has 40 heavy (non-hydrogen) atoms. The van der Waals surface area contributed by atoms with Crippen LogP contribution in [0.4, 0.5) is 11.4 Å². The first kappa shape index (κ1) is 25.3. The van der Waals surface area contributed by atoms with Gasteiger partial charge < -0.3 is 34.9 Å². The largest absolute Gasteiger partial charge is 0.386 e. The number of fused-ring (bicyclic) bond motifs is 5. The molecular weight excluding hydrogens is 530 g/mol. The Balaban J connectivity index is 1.52. The van der Waals surface area contributed by atoms with Gasteiger partial charge in [-0.1, -0.05) is 11.6 Å². The highest BCUT2D eigenvalue weighted by molar-refractivity contribution is 6.33. The molecule has 2 atom stereocenters. The number of pyridine rings is 3. The number of halogens is 1. The van der Waals surface area contributed by atoms with Gasteiger partial charge >= 0.3 is 0 Å². The zero-order chi connectivity index (χ0) is 27.9. The summed E-state index contributed by atoms with van der Waals surface area (Å²) in [6.45, 7) is 2.90. The van der Waals surface area contributed by atoms with Crippen LogP contribution in [-0.4, -0.2) is 74.4 Å². The summed E-state index contributed by atoms with van der Waals surface area (Å²) in [5.74, 6) is 0.698. The number of aryl methyl sites for hydroxylation is 1. The number of hydrogen-bond acceptors (Lipinski definition) is 8. The predicted octanol–water partition coefficient (Wildman–Crippen LogP) is 3.45. The Bertz CT molecular complexity index is 1880. The Morgan fingerprint density at radius 3 is 2.70 bits per heavy atom. The number of nitrogens with one attached hydrogen (secondary N) is 2. The number of benzene rings is 1. The summed E-state index contributed by atoms with van der Waals surface area (Å²) in [6, 6.07) is 6.12. The minimum Gasteiger partial charge on any atom is -0.386 e. The van der Waals surface area contributed by atoms with Gasteiger partial charge in [0.05, 0.1) is 33.2 Å². The van der Waals surface area contributed by atoms with E-state index >= 15 is 0 Å². The summed E-state index contributed by atoms with van der Waals surface area (Å²) in [5.41, 5.74) is 5.09. The Morgan fingerprint density at radius 2 is 1.95 bits per heavy atom. The minimum atomic E-state index is -1.88. The van der Waals surface area contributed by atoms with E-state index in [9.17, 15) is 15.0 Å². The Morgan fingerprint density at radius 1 is 1.12 bits per heavy atom. The molecule has 5 aromatic rings. The Kier molecular flexibility index (Phi) is 5.79. The molecule has 0 saturated carbocycles. The van der Waals surface area contributed by atoms with Crippen LogP contribution < -0.4 is 15.6 Å². The number of piperidine rings is 1. The molecule has 6 heterocycles. The SMILES string of the molecule is CNc1cc(Cl)cc2c1[nH]c1ncc(-c3cnc4c(c3)c(=O)c(C(O)O)cn4C)c(N3CCC4CN(C)[C@H]4C3)c12. The topological polar surface area (TPSA) is 123 Å². The molecule has 10 nitrogen and oxygen atoms in total. The van der Waals surface area contributed by atoms with Crippen LogP contribution in [0.25, 0.3) is 44.1 Å². The number of rotatable bonds is 4. The molecule has 0 radical (unpaired) electrons. The summed E-state index contributed by atoms with van der Waals surface area (Å²) in [7, 11) is 5.77.